The molecular weight excluding hydrogens is 444 g/mol. The summed E-state index contributed by atoms with van der Waals surface area (Å²) >= 11 is 0. The van der Waals surface area contributed by atoms with E-state index in [0.717, 1.165) is 0 Å². The van der Waals surface area contributed by atoms with Crippen LogP contribution in [0.3, 0.4) is 0 Å². The summed E-state index contributed by atoms with van der Waals surface area (Å²) in [7, 11) is 0. The number of nitrogens with zero attached hydrogens (tertiary/aromatic N) is 1. The highest BCUT2D eigenvalue weighted by Crippen LogP contribution is 2.19. The number of carbonyl (C=O) groups is 6. The van der Waals surface area contributed by atoms with Crippen molar-refractivity contribution in [2.24, 2.45) is 5.73 Å². The molecule has 5 atom stereocenters. The second-order valence-corrected chi connectivity index (χ2v) is 7.78. The maximum absolute atomic E-state index is 12.8. The van der Waals surface area contributed by atoms with Crippen LogP contribution in [0.15, 0.2) is 0 Å². The molecule has 0 spiro atoms. The van der Waals surface area contributed by atoms with Gasteiger partial charge >= 0.3 is 17.9 Å². The summed E-state index contributed by atoms with van der Waals surface area (Å²) < 4.78 is 0. The van der Waals surface area contributed by atoms with Gasteiger partial charge in [0.15, 0.2) is 0 Å². The van der Waals surface area contributed by atoms with Gasteiger partial charge in [-0.3, -0.25) is 24.0 Å². The zero-order chi connectivity index (χ0) is 25.3. The Kier molecular flexibility index (Phi) is 10.7. The molecule has 0 radical (unpaired) electrons. The molecule has 8 N–H and O–H groups in total. The van der Waals surface area contributed by atoms with Crippen molar-refractivity contribution in [3.63, 3.8) is 0 Å². The third-order valence-corrected chi connectivity index (χ3v) is 5.18. The van der Waals surface area contributed by atoms with Crippen molar-refractivity contribution >= 4 is 35.6 Å². The van der Waals surface area contributed by atoms with Gasteiger partial charge in [0.1, 0.15) is 24.2 Å². The molecule has 3 amide bonds. The first-order valence-corrected chi connectivity index (χ1v) is 10.4. The van der Waals surface area contributed by atoms with Crippen molar-refractivity contribution in [2.45, 2.75) is 75.7 Å². The van der Waals surface area contributed by atoms with Gasteiger partial charge in [-0.05, 0) is 32.6 Å². The number of nitrogens with one attached hydrogen (secondary N) is 2. The third kappa shape index (κ3) is 8.65. The first kappa shape index (κ1) is 27.8. The summed E-state index contributed by atoms with van der Waals surface area (Å²) in [6.45, 7) is 1.52. The minimum Gasteiger partial charge on any atom is -0.481 e. The molecule has 0 bridgehead atoms. The predicted octanol–water partition coefficient (Wildman–Crippen LogP) is -2.53. The number of nitrogens with two attached hydrogens (primary N) is 1. The molecule has 1 saturated heterocycles. The van der Waals surface area contributed by atoms with Crippen molar-refractivity contribution in [3.8, 4) is 0 Å². The van der Waals surface area contributed by atoms with Crippen LogP contribution in [-0.2, 0) is 28.8 Å². The molecule has 186 valence electrons. The Labute approximate surface area is 189 Å². The number of carboxylic acids is 3. The van der Waals surface area contributed by atoms with Crippen LogP contribution in [-0.4, -0.2) is 97.8 Å². The van der Waals surface area contributed by atoms with Crippen LogP contribution in [0.25, 0.3) is 0 Å². The molecule has 0 aromatic rings. The second kappa shape index (κ2) is 12.7. The SMILES string of the molecule is CC(O)C(N)C(=O)N1CCCC1C(=O)NC(CCC(=O)O)C(=O)NC(CCC(=O)O)C(=O)O. The van der Waals surface area contributed by atoms with Gasteiger partial charge in [-0.15, -0.1) is 0 Å². The standard InChI is InChI=1S/C19H30N4O10/c1-9(24)15(20)18(31)23-8-2-3-12(23)17(30)21-10(4-6-13(25)26)16(29)22-11(19(32)33)5-7-14(27)28/h9-12,15,24H,2-8,20H2,1H3,(H,21,30)(H,22,29)(H,25,26)(H,27,28)(H,32,33). The van der Waals surface area contributed by atoms with Crippen LogP contribution in [0.4, 0.5) is 0 Å². The van der Waals surface area contributed by atoms with E-state index in [-0.39, 0.29) is 19.4 Å². The minimum atomic E-state index is -1.56. The van der Waals surface area contributed by atoms with Crippen LogP contribution in [0.5, 0.6) is 0 Å². The quantitative estimate of drug-likeness (QED) is 0.147. The number of aliphatic carboxylic acids is 3. The molecule has 1 aliphatic rings. The van der Waals surface area contributed by atoms with Crippen LogP contribution in [0.2, 0.25) is 0 Å². The molecular formula is C19H30N4O10. The maximum Gasteiger partial charge on any atom is 0.326 e. The first-order chi connectivity index (χ1) is 15.3. The molecule has 0 aliphatic carbocycles. The topological polar surface area (TPSA) is 237 Å². The zero-order valence-corrected chi connectivity index (χ0v) is 18.1. The number of hydrogen-bond acceptors (Lipinski definition) is 8. The Morgan fingerprint density at radius 2 is 1.52 bits per heavy atom. The zero-order valence-electron chi connectivity index (χ0n) is 18.1. The van der Waals surface area contributed by atoms with Gasteiger partial charge in [-0.25, -0.2) is 4.79 Å². The number of rotatable bonds is 13. The lowest BCUT2D eigenvalue weighted by Gasteiger charge is -2.29. The molecule has 1 aliphatic heterocycles. The molecule has 14 heteroatoms. The fourth-order valence-electron chi connectivity index (χ4n) is 3.30. The summed E-state index contributed by atoms with van der Waals surface area (Å²) in [6, 6.07) is -5.27. The molecule has 0 saturated carbocycles. The highest BCUT2D eigenvalue weighted by atomic mass is 16.4. The van der Waals surface area contributed by atoms with Crippen molar-refractivity contribution < 1.29 is 49.2 Å². The summed E-state index contributed by atoms with van der Waals surface area (Å²) in [5.74, 6) is -6.45. The van der Waals surface area contributed by atoms with Gasteiger partial charge < -0.3 is 41.7 Å². The number of hydrogen-bond donors (Lipinski definition) is 7. The highest BCUT2D eigenvalue weighted by molar-refractivity contribution is 5.94. The summed E-state index contributed by atoms with van der Waals surface area (Å²) in [4.78, 5) is 72.1. The fourth-order valence-corrected chi connectivity index (χ4v) is 3.30. The molecule has 5 unspecified atom stereocenters. The highest BCUT2D eigenvalue weighted by Gasteiger charge is 2.38. The van der Waals surface area contributed by atoms with E-state index < -0.39 is 85.2 Å². The van der Waals surface area contributed by atoms with Gasteiger partial charge in [-0.2, -0.15) is 0 Å². The number of aliphatic hydroxyl groups excluding tert-OH is 1. The molecule has 1 heterocycles. The van der Waals surface area contributed by atoms with E-state index in [4.69, 9.17) is 15.9 Å². The molecule has 1 rings (SSSR count). The predicted molar refractivity (Wildman–Crippen MR) is 110 cm³/mol. The maximum atomic E-state index is 12.8. The fraction of sp³-hybridized carbons (Fsp3) is 0.684. The van der Waals surface area contributed by atoms with Gasteiger partial charge in [-0.1, -0.05) is 0 Å². The van der Waals surface area contributed by atoms with Crippen molar-refractivity contribution in [2.75, 3.05) is 6.54 Å². The summed E-state index contributed by atoms with van der Waals surface area (Å²) in [6.07, 6.45) is -2.30. The largest absolute Gasteiger partial charge is 0.481 e. The third-order valence-electron chi connectivity index (χ3n) is 5.18. The lowest BCUT2D eigenvalue weighted by Crippen LogP contribution is -2.57. The average Bonchev–Trinajstić information content (AvgIpc) is 3.21. The van der Waals surface area contributed by atoms with Crippen LogP contribution in [0, 0.1) is 0 Å². The molecule has 1 fully saturated rings. The molecule has 0 aromatic carbocycles. The van der Waals surface area contributed by atoms with Crippen molar-refractivity contribution in [1.82, 2.24) is 15.5 Å². The van der Waals surface area contributed by atoms with Crippen molar-refractivity contribution in [3.05, 3.63) is 0 Å². The average molecular weight is 474 g/mol. The monoisotopic (exact) mass is 474 g/mol. The second-order valence-electron chi connectivity index (χ2n) is 7.78. The first-order valence-electron chi connectivity index (χ1n) is 10.4. The van der Waals surface area contributed by atoms with E-state index in [0.29, 0.717) is 6.42 Å². The normalized spacial score (nSPS) is 19.1. The van der Waals surface area contributed by atoms with E-state index in [2.05, 4.69) is 10.6 Å². The van der Waals surface area contributed by atoms with Gasteiger partial charge in [0.2, 0.25) is 17.7 Å². The minimum absolute atomic E-state index is 0.194. The van der Waals surface area contributed by atoms with E-state index in [1.54, 1.807) is 0 Å². The van der Waals surface area contributed by atoms with E-state index in [1.807, 2.05) is 0 Å². The number of likely N-dealkylation sites (tertiary alicyclic amines) is 1. The molecule has 33 heavy (non-hydrogen) atoms. The van der Waals surface area contributed by atoms with Crippen LogP contribution >= 0.6 is 0 Å². The molecule has 0 aromatic heterocycles. The van der Waals surface area contributed by atoms with Gasteiger partial charge in [0.25, 0.3) is 0 Å². The molecule has 14 nitrogen and oxygen atoms in total. The van der Waals surface area contributed by atoms with Crippen LogP contribution in [0.1, 0.15) is 45.4 Å². The Bertz CT molecular complexity index is 772. The summed E-state index contributed by atoms with van der Waals surface area (Å²) in [5.41, 5.74) is 5.67. The van der Waals surface area contributed by atoms with E-state index in [1.165, 1.54) is 11.8 Å². The smallest absolute Gasteiger partial charge is 0.326 e. The lowest BCUT2D eigenvalue weighted by atomic mass is 10.1. The van der Waals surface area contributed by atoms with Gasteiger partial charge in [0, 0.05) is 19.4 Å². The summed E-state index contributed by atoms with van der Waals surface area (Å²) in [5, 5.41) is 40.9. The van der Waals surface area contributed by atoms with Gasteiger partial charge in [0.05, 0.1) is 6.10 Å². The van der Waals surface area contributed by atoms with Crippen molar-refractivity contribution in [1.29, 1.82) is 0 Å². The number of carboxylic acid groups (broad SMARTS) is 3. The van der Waals surface area contributed by atoms with Crippen LogP contribution < -0.4 is 16.4 Å². The Morgan fingerprint density at radius 1 is 0.970 bits per heavy atom. The van der Waals surface area contributed by atoms with E-state index >= 15 is 0 Å². The Morgan fingerprint density at radius 3 is 2.00 bits per heavy atom. The lowest BCUT2D eigenvalue weighted by molar-refractivity contribution is -0.145. The Balaban J connectivity index is 2.95. The van der Waals surface area contributed by atoms with E-state index in [9.17, 15) is 39.0 Å². The number of amides is 3. The Hall–Kier alpha value is -3.26. The number of carbonyl (C=O) groups excluding carboxylic acids is 3. The number of aliphatic hydroxyl groups is 1.